The Kier molecular flexibility index (Phi) is 9.78. The number of aryl methyl sites for hydroxylation is 2. The second kappa shape index (κ2) is 13.2. The van der Waals surface area contributed by atoms with Crippen LogP contribution in [0.1, 0.15) is 76.3 Å². The summed E-state index contributed by atoms with van der Waals surface area (Å²) in [5.74, 6) is 0.572. The lowest BCUT2D eigenvalue weighted by atomic mass is 9.87. The molecule has 0 radical (unpaired) electrons. The van der Waals surface area contributed by atoms with Crippen molar-refractivity contribution in [3.63, 3.8) is 0 Å². The summed E-state index contributed by atoms with van der Waals surface area (Å²) in [4.78, 5) is 34.0. The van der Waals surface area contributed by atoms with Crippen LogP contribution in [0, 0.1) is 12.8 Å². The van der Waals surface area contributed by atoms with Gasteiger partial charge in [0.1, 0.15) is 0 Å². The maximum Gasteiger partial charge on any atom is 0.230 e. The Morgan fingerprint density at radius 2 is 1.81 bits per heavy atom. The number of hydrogen-bond donors (Lipinski definition) is 0. The van der Waals surface area contributed by atoms with Gasteiger partial charge in [0.15, 0.2) is 0 Å². The van der Waals surface area contributed by atoms with Crippen molar-refractivity contribution in [1.29, 1.82) is 0 Å². The van der Waals surface area contributed by atoms with Gasteiger partial charge in [-0.3, -0.25) is 19.2 Å². The number of anilines is 1. The first-order chi connectivity index (χ1) is 17.9. The number of aromatic nitrogens is 2. The normalized spacial score (nSPS) is 18.5. The van der Waals surface area contributed by atoms with Crippen LogP contribution in [-0.4, -0.2) is 63.6 Å². The van der Waals surface area contributed by atoms with Crippen LogP contribution in [0.3, 0.4) is 0 Å². The van der Waals surface area contributed by atoms with E-state index in [4.69, 9.17) is 0 Å². The first-order valence-electron chi connectivity index (χ1n) is 14.3. The number of rotatable bonds is 6. The third-order valence-electron chi connectivity index (χ3n) is 8.08. The Labute approximate surface area is 222 Å². The third kappa shape index (κ3) is 7.22. The highest BCUT2D eigenvalue weighted by molar-refractivity contribution is 5.96. The average Bonchev–Trinajstić information content (AvgIpc) is 3.40. The Bertz CT molecular complexity index is 1010. The molecule has 0 spiro atoms. The Balaban J connectivity index is 1.60. The molecule has 4 rings (SSSR count). The molecule has 202 valence electrons. The number of nitrogens with zero attached hydrogens (tertiary/aromatic N) is 5. The van der Waals surface area contributed by atoms with E-state index in [0.29, 0.717) is 25.6 Å². The van der Waals surface area contributed by atoms with E-state index in [2.05, 4.69) is 53.9 Å². The first kappa shape index (κ1) is 27.4. The molecule has 0 N–H and O–H groups in total. The van der Waals surface area contributed by atoms with Gasteiger partial charge in [-0.1, -0.05) is 37.5 Å². The topological polar surface area (TPSA) is 61.7 Å². The fourth-order valence-electron chi connectivity index (χ4n) is 5.93. The number of fused-ring (bicyclic) bond motifs is 1. The van der Waals surface area contributed by atoms with Crippen molar-refractivity contribution in [1.82, 2.24) is 19.6 Å². The molecule has 0 atom stereocenters. The molecule has 2 aromatic rings. The summed E-state index contributed by atoms with van der Waals surface area (Å²) in [5, 5.41) is 4.27. The molecule has 2 amide bonds. The van der Waals surface area contributed by atoms with E-state index in [1.807, 2.05) is 21.8 Å². The predicted octanol–water partition coefficient (Wildman–Crippen LogP) is 5.03. The van der Waals surface area contributed by atoms with Crippen LogP contribution in [0.2, 0.25) is 0 Å². The molecule has 37 heavy (non-hydrogen) atoms. The molecule has 7 nitrogen and oxygen atoms in total. The molecule has 1 aromatic heterocycles. The van der Waals surface area contributed by atoms with Gasteiger partial charge >= 0.3 is 0 Å². The zero-order valence-electron chi connectivity index (χ0n) is 23.1. The van der Waals surface area contributed by atoms with Crippen molar-refractivity contribution in [3.05, 3.63) is 47.8 Å². The molecular weight excluding hydrogens is 462 g/mol. The van der Waals surface area contributed by atoms with E-state index in [1.54, 1.807) is 6.20 Å². The van der Waals surface area contributed by atoms with Crippen molar-refractivity contribution in [2.45, 2.75) is 91.3 Å². The van der Waals surface area contributed by atoms with Gasteiger partial charge in [-0.05, 0) is 63.6 Å². The van der Waals surface area contributed by atoms with Gasteiger partial charge in [0.05, 0.1) is 5.69 Å². The largest absolute Gasteiger partial charge is 0.337 e. The van der Waals surface area contributed by atoms with Crippen LogP contribution < -0.4 is 4.90 Å². The van der Waals surface area contributed by atoms with Crippen molar-refractivity contribution in [3.8, 4) is 0 Å². The Morgan fingerprint density at radius 3 is 2.54 bits per heavy atom. The first-order valence-corrected chi connectivity index (χ1v) is 14.3. The number of amides is 2. The fourth-order valence-corrected chi connectivity index (χ4v) is 5.93. The lowest BCUT2D eigenvalue weighted by Gasteiger charge is -2.33. The van der Waals surface area contributed by atoms with Crippen LogP contribution in [0.15, 0.2) is 36.7 Å². The van der Waals surface area contributed by atoms with Gasteiger partial charge in [-0.25, -0.2) is 0 Å². The predicted molar refractivity (Wildman–Crippen MR) is 148 cm³/mol. The molecule has 7 heteroatoms. The highest BCUT2D eigenvalue weighted by atomic mass is 16.2. The van der Waals surface area contributed by atoms with Gasteiger partial charge in [0.25, 0.3) is 0 Å². The smallest absolute Gasteiger partial charge is 0.230 e. The number of benzene rings is 1. The van der Waals surface area contributed by atoms with Gasteiger partial charge in [-0.15, -0.1) is 0 Å². The zero-order valence-corrected chi connectivity index (χ0v) is 23.1. The molecule has 1 fully saturated rings. The molecule has 1 aliphatic heterocycles. The highest BCUT2D eigenvalue weighted by Crippen LogP contribution is 2.32. The average molecular weight is 508 g/mol. The quantitative estimate of drug-likeness (QED) is 0.550. The van der Waals surface area contributed by atoms with E-state index in [1.165, 1.54) is 6.42 Å². The standard InChI is InChI=1S/C30H45N5O2/c1-24(2)32-17-10-20-35(30(37)26-12-5-4-6-13-26)29-25(3)11-7-14-27(29)23-33(22-21-32)28(36)15-8-18-34-19-9-16-31-34/h7,9,11,14,16,19,24,26H,4-6,8,10,12-13,15,17-18,20-23H2,1-3H3. The second-order valence-electron chi connectivity index (χ2n) is 11.1. The Morgan fingerprint density at radius 1 is 1.00 bits per heavy atom. The van der Waals surface area contributed by atoms with E-state index in [-0.39, 0.29) is 17.7 Å². The molecule has 0 unspecified atom stereocenters. The number of carbonyl (C=O) groups is 2. The number of carbonyl (C=O) groups excluding carboxylic acids is 2. The summed E-state index contributed by atoms with van der Waals surface area (Å²) < 4.78 is 1.88. The summed E-state index contributed by atoms with van der Waals surface area (Å²) in [6, 6.07) is 8.60. The van der Waals surface area contributed by atoms with Crippen LogP contribution in [0.25, 0.3) is 0 Å². The lowest BCUT2D eigenvalue weighted by molar-refractivity contribution is -0.132. The molecular formula is C30H45N5O2. The maximum atomic E-state index is 13.9. The monoisotopic (exact) mass is 507 g/mol. The van der Waals surface area contributed by atoms with Crippen molar-refractivity contribution in [2.24, 2.45) is 5.92 Å². The van der Waals surface area contributed by atoms with Gasteiger partial charge in [0.2, 0.25) is 11.8 Å². The molecule has 0 saturated heterocycles. The van der Waals surface area contributed by atoms with E-state index >= 15 is 0 Å². The highest BCUT2D eigenvalue weighted by Gasteiger charge is 2.30. The summed E-state index contributed by atoms with van der Waals surface area (Å²) >= 11 is 0. The molecule has 2 aliphatic rings. The molecule has 1 saturated carbocycles. The molecule has 0 bridgehead atoms. The summed E-state index contributed by atoms with van der Waals surface area (Å²) in [7, 11) is 0. The molecule has 1 aromatic carbocycles. The van der Waals surface area contributed by atoms with E-state index in [0.717, 1.165) is 81.5 Å². The Hall–Kier alpha value is -2.67. The summed E-state index contributed by atoms with van der Waals surface area (Å²) in [6.07, 6.45) is 11.4. The van der Waals surface area contributed by atoms with Crippen LogP contribution in [0.4, 0.5) is 5.69 Å². The van der Waals surface area contributed by atoms with Crippen LogP contribution in [-0.2, 0) is 22.7 Å². The van der Waals surface area contributed by atoms with E-state index in [9.17, 15) is 9.59 Å². The lowest BCUT2D eigenvalue weighted by Crippen LogP contribution is -2.41. The minimum Gasteiger partial charge on any atom is -0.337 e. The van der Waals surface area contributed by atoms with Crippen molar-refractivity contribution < 1.29 is 9.59 Å². The van der Waals surface area contributed by atoms with Crippen LogP contribution in [0.5, 0.6) is 0 Å². The summed E-state index contributed by atoms with van der Waals surface area (Å²) in [6.45, 7) is 11.0. The van der Waals surface area contributed by atoms with Crippen LogP contribution >= 0.6 is 0 Å². The second-order valence-corrected chi connectivity index (χ2v) is 11.1. The maximum absolute atomic E-state index is 13.9. The minimum absolute atomic E-state index is 0.118. The van der Waals surface area contributed by atoms with Gasteiger partial charge in [-0.2, -0.15) is 5.10 Å². The van der Waals surface area contributed by atoms with Crippen molar-refractivity contribution in [2.75, 3.05) is 31.1 Å². The minimum atomic E-state index is 0.118. The third-order valence-corrected chi connectivity index (χ3v) is 8.08. The van der Waals surface area contributed by atoms with Crippen molar-refractivity contribution >= 4 is 17.5 Å². The van der Waals surface area contributed by atoms with E-state index < -0.39 is 0 Å². The SMILES string of the molecule is Cc1cccc2c1N(C(=O)C1CCCCC1)CCCN(C(C)C)CCN(C(=O)CCCn1cccn1)C2. The number of para-hydroxylation sites is 1. The zero-order chi connectivity index (χ0) is 26.2. The number of hydrogen-bond acceptors (Lipinski definition) is 4. The fraction of sp³-hybridized carbons (Fsp3) is 0.633. The van der Waals surface area contributed by atoms with Gasteiger partial charge in [0, 0.05) is 70.0 Å². The van der Waals surface area contributed by atoms with Gasteiger partial charge < -0.3 is 9.80 Å². The molecule has 1 aliphatic carbocycles. The summed E-state index contributed by atoms with van der Waals surface area (Å²) in [5.41, 5.74) is 3.24. The molecule has 2 heterocycles.